The van der Waals surface area contributed by atoms with Crippen LogP contribution in [0.15, 0.2) is 0 Å². The second kappa shape index (κ2) is 3.15. The van der Waals surface area contributed by atoms with Crippen LogP contribution in [0.3, 0.4) is 0 Å². The molecule has 0 spiro atoms. The number of hydrogen-bond acceptors (Lipinski definition) is 4. The molecule has 1 heterocycles. The summed E-state index contributed by atoms with van der Waals surface area (Å²) >= 11 is 0. The molecule has 1 rings (SSSR count). The molecule has 0 bridgehead atoms. The summed E-state index contributed by atoms with van der Waals surface area (Å²) in [6.45, 7) is 0.0981. The second-order valence-electron chi connectivity index (χ2n) is 2.42. The molecule has 0 unspecified atom stereocenters. The first kappa shape index (κ1) is 8.42. The highest BCUT2D eigenvalue weighted by atomic mass is 19.1. The number of aliphatic hydroxyl groups excluding tert-OH is 1. The van der Waals surface area contributed by atoms with Gasteiger partial charge in [-0.2, -0.15) is 0 Å². The summed E-state index contributed by atoms with van der Waals surface area (Å²) in [5.74, 6) is -0.672. The fourth-order valence-corrected chi connectivity index (χ4v) is 1.04. The molecule has 1 saturated heterocycles. The summed E-state index contributed by atoms with van der Waals surface area (Å²) in [6, 6.07) is -1.00. The third-order valence-corrected chi connectivity index (χ3v) is 1.69. The number of carbonyl (C=O) groups excluding carboxylic acids is 1. The lowest BCUT2D eigenvalue weighted by Crippen LogP contribution is -2.38. The first-order chi connectivity index (χ1) is 5.16. The number of aliphatic hydroxyl groups is 1. The van der Waals surface area contributed by atoms with Crippen LogP contribution in [0.25, 0.3) is 0 Å². The van der Waals surface area contributed by atoms with Crippen molar-refractivity contribution in [3.8, 4) is 0 Å². The molecule has 0 amide bonds. The van der Waals surface area contributed by atoms with E-state index in [0.717, 1.165) is 0 Å². The van der Waals surface area contributed by atoms with E-state index in [2.05, 4.69) is 10.1 Å². The smallest absolute Gasteiger partial charge is 0.326 e. The van der Waals surface area contributed by atoms with Crippen LogP contribution in [0, 0.1) is 0 Å². The zero-order chi connectivity index (χ0) is 8.43. The Kier molecular flexibility index (Phi) is 2.41. The minimum atomic E-state index is -1.55. The number of ether oxygens (including phenoxy) is 1. The van der Waals surface area contributed by atoms with E-state index in [0.29, 0.717) is 0 Å². The highest BCUT2D eigenvalue weighted by molar-refractivity contribution is 5.77. The van der Waals surface area contributed by atoms with Crippen molar-refractivity contribution in [2.24, 2.45) is 0 Å². The molecule has 64 valence electrons. The molecule has 3 atom stereocenters. The first-order valence-corrected chi connectivity index (χ1v) is 3.30. The topological polar surface area (TPSA) is 58.6 Å². The van der Waals surface area contributed by atoms with Crippen LogP contribution in [-0.2, 0) is 9.53 Å². The number of alkyl halides is 1. The predicted molar refractivity (Wildman–Crippen MR) is 34.7 cm³/mol. The minimum absolute atomic E-state index is 0.0981. The lowest BCUT2D eigenvalue weighted by molar-refractivity contribution is -0.144. The van der Waals surface area contributed by atoms with Crippen LogP contribution in [0.1, 0.15) is 0 Å². The summed E-state index contributed by atoms with van der Waals surface area (Å²) in [5.41, 5.74) is 0. The maximum Gasteiger partial charge on any atom is 0.326 e. The summed E-state index contributed by atoms with van der Waals surface area (Å²) in [4.78, 5) is 10.7. The SMILES string of the molecule is COC(=O)[C@H]1NC[C@@H](O)[C@H]1F. The van der Waals surface area contributed by atoms with E-state index in [4.69, 9.17) is 5.11 Å². The van der Waals surface area contributed by atoms with Crippen LogP contribution in [0.5, 0.6) is 0 Å². The largest absolute Gasteiger partial charge is 0.468 e. The van der Waals surface area contributed by atoms with Crippen molar-refractivity contribution in [1.82, 2.24) is 5.32 Å². The number of halogens is 1. The highest BCUT2D eigenvalue weighted by Gasteiger charge is 2.40. The average Bonchev–Trinajstić information content (AvgIpc) is 2.32. The van der Waals surface area contributed by atoms with Crippen molar-refractivity contribution in [3.05, 3.63) is 0 Å². The molecule has 1 aliphatic rings. The average molecular weight is 163 g/mol. The van der Waals surface area contributed by atoms with E-state index in [1.54, 1.807) is 0 Å². The lowest BCUT2D eigenvalue weighted by Gasteiger charge is -2.10. The van der Waals surface area contributed by atoms with E-state index in [-0.39, 0.29) is 6.54 Å². The number of nitrogens with one attached hydrogen (secondary N) is 1. The summed E-state index contributed by atoms with van der Waals surface area (Å²) in [7, 11) is 1.18. The number of rotatable bonds is 1. The Hall–Kier alpha value is -0.680. The van der Waals surface area contributed by atoms with Gasteiger partial charge in [-0.15, -0.1) is 0 Å². The Morgan fingerprint density at radius 2 is 2.45 bits per heavy atom. The molecule has 0 aromatic heterocycles. The Bertz CT molecular complexity index is 164. The predicted octanol–water partition coefficient (Wildman–Crippen LogP) is -1.17. The second-order valence-corrected chi connectivity index (χ2v) is 2.42. The Balaban J connectivity index is 2.54. The fraction of sp³-hybridized carbons (Fsp3) is 0.833. The van der Waals surface area contributed by atoms with Gasteiger partial charge in [0.25, 0.3) is 0 Å². The van der Waals surface area contributed by atoms with Crippen LogP contribution in [-0.4, -0.2) is 43.0 Å². The molecule has 0 radical (unpaired) electrons. The zero-order valence-corrected chi connectivity index (χ0v) is 6.08. The molecule has 11 heavy (non-hydrogen) atoms. The van der Waals surface area contributed by atoms with Gasteiger partial charge in [0.1, 0.15) is 6.04 Å². The van der Waals surface area contributed by atoms with Crippen molar-refractivity contribution >= 4 is 5.97 Å². The zero-order valence-electron chi connectivity index (χ0n) is 6.08. The Labute approximate surface area is 63.3 Å². The number of hydrogen-bond donors (Lipinski definition) is 2. The fourth-order valence-electron chi connectivity index (χ4n) is 1.04. The standard InChI is InChI=1S/C6H10FNO3/c1-11-6(10)5-4(7)3(9)2-8-5/h3-5,8-9H,2H2,1H3/t3-,4-,5+/m1/s1. The summed E-state index contributed by atoms with van der Waals surface area (Å²) in [6.07, 6.45) is -2.65. The molecule has 0 aliphatic carbocycles. The van der Waals surface area contributed by atoms with E-state index >= 15 is 0 Å². The van der Waals surface area contributed by atoms with Crippen LogP contribution >= 0.6 is 0 Å². The molecule has 4 nitrogen and oxygen atoms in total. The van der Waals surface area contributed by atoms with Crippen molar-refractivity contribution in [2.45, 2.75) is 18.3 Å². The van der Waals surface area contributed by atoms with E-state index in [1.807, 2.05) is 0 Å². The lowest BCUT2D eigenvalue weighted by atomic mass is 10.2. The van der Waals surface area contributed by atoms with Gasteiger partial charge < -0.3 is 9.84 Å². The van der Waals surface area contributed by atoms with E-state index in [9.17, 15) is 9.18 Å². The van der Waals surface area contributed by atoms with Gasteiger partial charge in [0.2, 0.25) is 0 Å². The maximum atomic E-state index is 12.8. The molecule has 0 saturated carbocycles. The quantitative estimate of drug-likeness (QED) is 0.478. The highest BCUT2D eigenvalue weighted by Crippen LogP contribution is 2.12. The number of methoxy groups -OCH3 is 1. The summed E-state index contributed by atoms with van der Waals surface area (Å²) < 4.78 is 17.1. The number of esters is 1. The van der Waals surface area contributed by atoms with Gasteiger partial charge in [0.15, 0.2) is 6.17 Å². The van der Waals surface area contributed by atoms with Crippen molar-refractivity contribution in [1.29, 1.82) is 0 Å². The van der Waals surface area contributed by atoms with Gasteiger partial charge in [-0.05, 0) is 0 Å². The van der Waals surface area contributed by atoms with Crippen LogP contribution < -0.4 is 5.32 Å². The molecule has 1 aliphatic heterocycles. The van der Waals surface area contributed by atoms with Gasteiger partial charge in [0.05, 0.1) is 13.2 Å². The molecule has 1 fully saturated rings. The molecule has 2 N–H and O–H groups in total. The van der Waals surface area contributed by atoms with E-state index < -0.39 is 24.3 Å². The van der Waals surface area contributed by atoms with E-state index in [1.165, 1.54) is 7.11 Å². The molecule has 0 aromatic carbocycles. The third-order valence-electron chi connectivity index (χ3n) is 1.69. The number of β-amino-alcohol motifs (C(OH)–C–C–N with tert-alkyl or cyclic N) is 1. The molecular weight excluding hydrogens is 153 g/mol. The van der Waals surface area contributed by atoms with Gasteiger partial charge in [-0.1, -0.05) is 0 Å². The third kappa shape index (κ3) is 1.49. The first-order valence-electron chi connectivity index (χ1n) is 3.30. The van der Waals surface area contributed by atoms with Gasteiger partial charge >= 0.3 is 5.97 Å². The Morgan fingerprint density at radius 3 is 2.82 bits per heavy atom. The maximum absolute atomic E-state index is 12.8. The van der Waals surface area contributed by atoms with Crippen LogP contribution in [0.4, 0.5) is 4.39 Å². The van der Waals surface area contributed by atoms with Gasteiger partial charge in [0, 0.05) is 6.54 Å². The molecular formula is C6H10FNO3. The minimum Gasteiger partial charge on any atom is -0.468 e. The van der Waals surface area contributed by atoms with Crippen LogP contribution in [0.2, 0.25) is 0 Å². The normalized spacial score (nSPS) is 37.2. The van der Waals surface area contributed by atoms with Crippen molar-refractivity contribution in [3.63, 3.8) is 0 Å². The van der Waals surface area contributed by atoms with Crippen molar-refractivity contribution in [2.75, 3.05) is 13.7 Å². The monoisotopic (exact) mass is 163 g/mol. The van der Waals surface area contributed by atoms with Gasteiger partial charge in [-0.3, -0.25) is 10.1 Å². The summed E-state index contributed by atoms with van der Waals surface area (Å²) in [5, 5.41) is 11.4. The molecule has 0 aromatic rings. The Morgan fingerprint density at radius 1 is 1.82 bits per heavy atom. The van der Waals surface area contributed by atoms with Crippen molar-refractivity contribution < 1.29 is 19.0 Å². The molecule has 5 heteroatoms. The number of carbonyl (C=O) groups is 1. The van der Waals surface area contributed by atoms with Gasteiger partial charge in [-0.25, -0.2) is 4.39 Å².